The molecule has 1 aromatic heterocycles. The number of halogens is 1. The van der Waals surface area contributed by atoms with Crippen LogP contribution in [0, 0.1) is 0 Å². The van der Waals surface area contributed by atoms with Gasteiger partial charge in [0.15, 0.2) is 5.16 Å². The molecule has 1 aromatic carbocycles. The molecule has 0 saturated heterocycles. The minimum atomic E-state index is 0.452. The van der Waals surface area contributed by atoms with Crippen molar-refractivity contribution < 1.29 is 4.74 Å². The monoisotopic (exact) mass is 309 g/mol. The summed E-state index contributed by atoms with van der Waals surface area (Å²) in [7, 11) is 1.67. The second-order valence-corrected chi connectivity index (χ2v) is 5.25. The molecule has 0 aliphatic carbocycles. The number of nitrogens with one attached hydrogen (secondary N) is 1. The second kappa shape index (κ2) is 7.36. The van der Waals surface area contributed by atoms with E-state index in [-0.39, 0.29) is 0 Å². The van der Waals surface area contributed by atoms with Gasteiger partial charge >= 0.3 is 0 Å². The molecule has 0 aliphatic heterocycles. The molecule has 4 nitrogen and oxygen atoms in total. The van der Waals surface area contributed by atoms with Gasteiger partial charge in [-0.25, -0.2) is 9.97 Å². The van der Waals surface area contributed by atoms with Crippen molar-refractivity contribution in [2.45, 2.75) is 11.6 Å². The van der Waals surface area contributed by atoms with Crippen LogP contribution in [0.15, 0.2) is 35.5 Å². The van der Waals surface area contributed by atoms with Crippen molar-refractivity contribution in [1.82, 2.24) is 9.97 Å². The van der Waals surface area contributed by atoms with E-state index in [1.54, 1.807) is 13.2 Å². The van der Waals surface area contributed by atoms with E-state index >= 15 is 0 Å². The summed E-state index contributed by atoms with van der Waals surface area (Å²) in [5, 5.41) is 4.38. The van der Waals surface area contributed by atoms with Gasteiger partial charge in [-0.2, -0.15) is 0 Å². The van der Waals surface area contributed by atoms with Crippen LogP contribution in [-0.2, 0) is 6.42 Å². The minimum Gasteiger partial charge on any atom is -0.497 e. The van der Waals surface area contributed by atoms with Gasteiger partial charge in [0, 0.05) is 12.6 Å². The Bertz CT molecular complexity index is 580. The summed E-state index contributed by atoms with van der Waals surface area (Å²) in [4.78, 5) is 8.45. The van der Waals surface area contributed by atoms with Gasteiger partial charge in [-0.3, -0.25) is 0 Å². The zero-order valence-electron chi connectivity index (χ0n) is 11.4. The molecule has 0 fully saturated rings. The SMILES string of the molecule is COc1cccc(CCNc2cc(Cl)nc(SC)n2)c1. The van der Waals surface area contributed by atoms with Crippen molar-refractivity contribution >= 4 is 29.2 Å². The number of aromatic nitrogens is 2. The smallest absolute Gasteiger partial charge is 0.190 e. The van der Waals surface area contributed by atoms with Gasteiger partial charge < -0.3 is 10.1 Å². The highest BCUT2D eigenvalue weighted by molar-refractivity contribution is 7.98. The van der Waals surface area contributed by atoms with Gasteiger partial charge in [0.05, 0.1) is 7.11 Å². The van der Waals surface area contributed by atoms with Crippen LogP contribution in [0.4, 0.5) is 5.82 Å². The third-order valence-electron chi connectivity index (χ3n) is 2.71. The van der Waals surface area contributed by atoms with Crippen LogP contribution in [0.1, 0.15) is 5.56 Å². The van der Waals surface area contributed by atoms with Gasteiger partial charge in [-0.05, 0) is 30.4 Å². The summed E-state index contributed by atoms with van der Waals surface area (Å²) >= 11 is 7.41. The highest BCUT2D eigenvalue weighted by atomic mass is 35.5. The quantitative estimate of drug-likeness (QED) is 0.502. The summed E-state index contributed by atoms with van der Waals surface area (Å²) in [6.07, 6.45) is 2.80. The number of nitrogens with zero attached hydrogens (tertiary/aromatic N) is 2. The lowest BCUT2D eigenvalue weighted by molar-refractivity contribution is 0.414. The molecule has 106 valence electrons. The first kappa shape index (κ1) is 14.9. The number of thioether (sulfide) groups is 1. The summed E-state index contributed by atoms with van der Waals surface area (Å²) in [6.45, 7) is 0.772. The number of hydrogen-bond donors (Lipinski definition) is 1. The van der Waals surface area contributed by atoms with Gasteiger partial charge in [-0.15, -0.1) is 0 Å². The third-order valence-corrected chi connectivity index (χ3v) is 3.45. The number of methoxy groups -OCH3 is 1. The topological polar surface area (TPSA) is 47.0 Å². The van der Waals surface area contributed by atoms with Crippen molar-refractivity contribution in [3.05, 3.63) is 41.0 Å². The van der Waals surface area contributed by atoms with Crippen molar-refractivity contribution in [2.75, 3.05) is 25.2 Å². The van der Waals surface area contributed by atoms with Crippen molar-refractivity contribution in [2.24, 2.45) is 0 Å². The fraction of sp³-hybridized carbons (Fsp3) is 0.286. The number of ether oxygens (including phenoxy) is 1. The fourth-order valence-electron chi connectivity index (χ4n) is 1.74. The van der Waals surface area contributed by atoms with Gasteiger partial charge in [0.25, 0.3) is 0 Å². The molecule has 20 heavy (non-hydrogen) atoms. The van der Waals surface area contributed by atoms with Crippen LogP contribution in [0.3, 0.4) is 0 Å². The van der Waals surface area contributed by atoms with Crippen molar-refractivity contribution in [3.8, 4) is 5.75 Å². The Morgan fingerprint density at radius 1 is 1.30 bits per heavy atom. The Balaban J connectivity index is 1.93. The standard InChI is InChI=1S/C14H16ClN3OS/c1-19-11-5-3-4-10(8-11)6-7-16-13-9-12(15)17-14(18-13)20-2/h3-5,8-9H,6-7H2,1-2H3,(H,16,17,18). The lowest BCUT2D eigenvalue weighted by Gasteiger charge is -2.08. The zero-order valence-corrected chi connectivity index (χ0v) is 13.0. The summed E-state index contributed by atoms with van der Waals surface area (Å²) in [5.74, 6) is 1.62. The summed E-state index contributed by atoms with van der Waals surface area (Å²) in [5.41, 5.74) is 1.21. The average molecular weight is 310 g/mol. The maximum Gasteiger partial charge on any atom is 0.190 e. The lowest BCUT2D eigenvalue weighted by Crippen LogP contribution is -2.07. The van der Waals surface area contributed by atoms with Gasteiger partial charge in [-0.1, -0.05) is 35.5 Å². The molecule has 0 saturated carbocycles. The molecule has 2 aromatic rings. The minimum absolute atomic E-state index is 0.452. The van der Waals surface area contributed by atoms with Gasteiger partial charge in [0.1, 0.15) is 16.7 Å². The first-order valence-electron chi connectivity index (χ1n) is 6.16. The largest absolute Gasteiger partial charge is 0.497 e. The predicted octanol–water partition coefficient (Wildman–Crippen LogP) is 3.52. The Labute approximate surface area is 127 Å². The average Bonchev–Trinajstić information content (AvgIpc) is 2.47. The molecule has 0 unspecified atom stereocenters. The van der Waals surface area contributed by atoms with Crippen molar-refractivity contribution in [1.29, 1.82) is 0 Å². The van der Waals surface area contributed by atoms with Crippen LogP contribution in [0.25, 0.3) is 0 Å². The van der Waals surface area contributed by atoms with Crippen LogP contribution >= 0.6 is 23.4 Å². The van der Waals surface area contributed by atoms with E-state index in [0.29, 0.717) is 10.3 Å². The number of hydrogen-bond acceptors (Lipinski definition) is 5. The molecular weight excluding hydrogens is 294 g/mol. The maximum absolute atomic E-state index is 5.94. The van der Waals surface area contributed by atoms with Crippen molar-refractivity contribution in [3.63, 3.8) is 0 Å². The molecular formula is C14H16ClN3OS. The van der Waals surface area contributed by atoms with Gasteiger partial charge in [0.2, 0.25) is 0 Å². The Morgan fingerprint density at radius 3 is 2.90 bits per heavy atom. The molecule has 0 aliphatic rings. The Hall–Kier alpha value is -1.46. The number of anilines is 1. The molecule has 0 spiro atoms. The Morgan fingerprint density at radius 2 is 2.15 bits per heavy atom. The summed E-state index contributed by atoms with van der Waals surface area (Å²) in [6, 6.07) is 9.76. The van der Waals surface area contributed by atoms with E-state index < -0.39 is 0 Å². The van der Waals surface area contributed by atoms with Crippen LogP contribution in [0.2, 0.25) is 5.15 Å². The molecule has 1 N–H and O–H groups in total. The molecule has 0 atom stereocenters. The van der Waals surface area contributed by atoms with E-state index in [1.165, 1.54) is 17.3 Å². The first-order chi connectivity index (χ1) is 9.71. The molecule has 0 radical (unpaired) electrons. The van der Waals surface area contributed by atoms with E-state index in [4.69, 9.17) is 16.3 Å². The zero-order chi connectivity index (χ0) is 14.4. The normalized spacial score (nSPS) is 10.3. The highest BCUT2D eigenvalue weighted by Crippen LogP contribution is 2.17. The molecule has 1 heterocycles. The van der Waals surface area contributed by atoms with E-state index in [9.17, 15) is 0 Å². The van der Waals surface area contributed by atoms with Crippen LogP contribution < -0.4 is 10.1 Å². The Kier molecular flexibility index (Phi) is 5.49. The summed E-state index contributed by atoms with van der Waals surface area (Å²) < 4.78 is 5.20. The third kappa shape index (κ3) is 4.28. The lowest BCUT2D eigenvalue weighted by atomic mass is 10.1. The second-order valence-electron chi connectivity index (χ2n) is 4.09. The van der Waals surface area contributed by atoms with E-state index in [1.807, 2.05) is 24.5 Å². The number of benzene rings is 1. The van der Waals surface area contributed by atoms with E-state index in [2.05, 4.69) is 21.4 Å². The predicted molar refractivity (Wildman–Crippen MR) is 84.0 cm³/mol. The van der Waals surface area contributed by atoms with E-state index in [0.717, 1.165) is 24.5 Å². The highest BCUT2D eigenvalue weighted by Gasteiger charge is 2.02. The molecule has 0 bridgehead atoms. The molecule has 2 rings (SSSR count). The first-order valence-corrected chi connectivity index (χ1v) is 7.77. The van der Waals surface area contributed by atoms with Crippen LogP contribution in [0.5, 0.6) is 5.75 Å². The maximum atomic E-state index is 5.94. The molecule has 6 heteroatoms. The molecule has 0 amide bonds. The fourth-order valence-corrected chi connectivity index (χ4v) is 2.35. The number of rotatable bonds is 6. The van der Waals surface area contributed by atoms with Crippen LogP contribution in [-0.4, -0.2) is 29.9 Å².